The van der Waals surface area contributed by atoms with Crippen LogP contribution >= 0.6 is 0 Å². The van der Waals surface area contributed by atoms with E-state index in [-0.39, 0.29) is 12.0 Å². The van der Waals surface area contributed by atoms with Gasteiger partial charge < -0.3 is 20.1 Å². The monoisotopic (exact) mass is 348 g/mol. The Morgan fingerprint density at radius 1 is 1.20 bits per heavy atom. The Morgan fingerprint density at radius 3 is 2.36 bits per heavy atom. The lowest BCUT2D eigenvalue weighted by molar-refractivity contribution is -0.129. The van der Waals surface area contributed by atoms with Crippen LogP contribution in [0.2, 0.25) is 0 Å². The number of aliphatic hydroxyl groups excluding tert-OH is 1. The Hall–Kier alpha value is -2.08. The van der Waals surface area contributed by atoms with E-state index in [9.17, 15) is 14.7 Å². The van der Waals surface area contributed by atoms with Gasteiger partial charge in [0.1, 0.15) is 0 Å². The number of rotatable bonds is 6. The number of ether oxygens (including phenoxy) is 1. The van der Waals surface area contributed by atoms with Gasteiger partial charge in [-0.05, 0) is 49.9 Å². The predicted octanol–water partition coefficient (Wildman–Crippen LogP) is 1.97. The number of carbonyl (C=O) groups is 2. The molecular weight excluding hydrogens is 320 g/mol. The number of esters is 1. The Kier molecular flexibility index (Phi) is 6.82. The van der Waals surface area contributed by atoms with E-state index >= 15 is 0 Å². The summed E-state index contributed by atoms with van der Waals surface area (Å²) in [5.41, 5.74) is 1.44. The first-order valence-electron chi connectivity index (χ1n) is 8.88. The average Bonchev–Trinajstić information content (AvgIpc) is 2.60. The van der Waals surface area contributed by atoms with Crippen molar-refractivity contribution in [3.63, 3.8) is 0 Å². The summed E-state index contributed by atoms with van der Waals surface area (Å²) in [6.07, 6.45) is 0.475. The standard InChI is InChI=1S/C19H28N2O4/c1-13(2)12-20-18(23)14(3)25-19(24)15-4-6-16(7-5-15)21-10-8-17(22)9-11-21/h4-7,13-14,17,22H,8-12H2,1-3H3,(H,20,23). The second kappa shape index (κ2) is 8.85. The maximum absolute atomic E-state index is 12.2. The summed E-state index contributed by atoms with van der Waals surface area (Å²) in [5.74, 6) is -0.450. The molecule has 0 saturated carbocycles. The zero-order chi connectivity index (χ0) is 18.4. The van der Waals surface area contributed by atoms with Crippen molar-refractivity contribution < 1.29 is 19.4 Å². The molecule has 1 aromatic rings. The molecule has 1 saturated heterocycles. The third kappa shape index (κ3) is 5.74. The number of hydrogen-bond donors (Lipinski definition) is 2. The van der Waals surface area contributed by atoms with Crippen LogP contribution in [0.25, 0.3) is 0 Å². The molecule has 6 heteroatoms. The zero-order valence-electron chi connectivity index (χ0n) is 15.2. The van der Waals surface area contributed by atoms with Gasteiger partial charge in [0.2, 0.25) is 0 Å². The van der Waals surface area contributed by atoms with Crippen molar-refractivity contribution in [2.45, 2.75) is 45.8 Å². The van der Waals surface area contributed by atoms with Gasteiger partial charge in [-0.15, -0.1) is 0 Å². The second-order valence-electron chi connectivity index (χ2n) is 6.95. The van der Waals surface area contributed by atoms with Crippen LogP contribution in [0, 0.1) is 5.92 Å². The van der Waals surface area contributed by atoms with Crippen molar-refractivity contribution in [1.82, 2.24) is 5.32 Å². The van der Waals surface area contributed by atoms with Gasteiger partial charge in [-0.1, -0.05) is 13.8 Å². The van der Waals surface area contributed by atoms with Crippen molar-refractivity contribution >= 4 is 17.6 Å². The van der Waals surface area contributed by atoms with Gasteiger partial charge in [0.25, 0.3) is 5.91 Å². The fraction of sp³-hybridized carbons (Fsp3) is 0.579. The number of carbonyl (C=O) groups excluding carboxylic acids is 2. The molecule has 0 aliphatic carbocycles. The number of benzene rings is 1. The summed E-state index contributed by atoms with van der Waals surface area (Å²) in [6, 6.07) is 7.17. The van der Waals surface area contributed by atoms with Gasteiger partial charge >= 0.3 is 5.97 Å². The third-order valence-corrected chi connectivity index (χ3v) is 4.27. The number of hydrogen-bond acceptors (Lipinski definition) is 5. The van der Waals surface area contributed by atoms with E-state index < -0.39 is 12.1 Å². The van der Waals surface area contributed by atoms with Gasteiger partial charge in [0.15, 0.2) is 6.10 Å². The second-order valence-corrected chi connectivity index (χ2v) is 6.95. The molecular formula is C19H28N2O4. The largest absolute Gasteiger partial charge is 0.449 e. The van der Waals surface area contributed by atoms with E-state index in [0.717, 1.165) is 31.6 Å². The number of piperidine rings is 1. The van der Waals surface area contributed by atoms with E-state index in [0.29, 0.717) is 18.0 Å². The van der Waals surface area contributed by atoms with E-state index in [1.54, 1.807) is 19.1 Å². The molecule has 1 aromatic carbocycles. The molecule has 1 atom stereocenters. The highest BCUT2D eigenvalue weighted by Crippen LogP contribution is 2.21. The van der Waals surface area contributed by atoms with Crippen molar-refractivity contribution in [1.29, 1.82) is 0 Å². The number of nitrogens with zero attached hydrogens (tertiary/aromatic N) is 1. The van der Waals surface area contributed by atoms with Crippen LogP contribution in [0.5, 0.6) is 0 Å². The van der Waals surface area contributed by atoms with Crippen LogP contribution in [0.3, 0.4) is 0 Å². The fourth-order valence-electron chi connectivity index (χ4n) is 2.66. The SMILES string of the molecule is CC(C)CNC(=O)C(C)OC(=O)c1ccc(N2CCC(O)CC2)cc1. The molecule has 2 N–H and O–H groups in total. The minimum absolute atomic E-state index is 0.214. The van der Waals surface area contributed by atoms with Crippen LogP contribution in [0.4, 0.5) is 5.69 Å². The van der Waals surface area contributed by atoms with Crippen molar-refractivity contribution in [2.75, 3.05) is 24.5 Å². The number of aliphatic hydroxyl groups is 1. The van der Waals surface area contributed by atoms with Crippen LogP contribution in [-0.4, -0.2) is 48.8 Å². The van der Waals surface area contributed by atoms with E-state index in [1.165, 1.54) is 0 Å². The highest BCUT2D eigenvalue weighted by Gasteiger charge is 2.20. The minimum Gasteiger partial charge on any atom is -0.449 e. The molecule has 6 nitrogen and oxygen atoms in total. The molecule has 0 spiro atoms. The van der Waals surface area contributed by atoms with Gasteiger partial charge in [-0.25, -0.2) is 4.79 Å². The molecule has 0 radical (unpaired) electrons. The third-order valence-electron chi connectivity index (χ3n) is 4.27. The van der Waals surface area contributed by atoms with Crippen LogP contribution < -0.4 is 10.2 Å². The van der Waals surface area contributed by atoms with E-state index in [2.05, 4.69) is 10.2 Å². The molecule has 0 bridgehead atoms. The lowest BCUT2D eigenvalue weighted by atomic mass is 10.1. The normalized spacial score (nSPS) is 16.6. The van der Waals surface area contributed by atoms with Gasteiger partial charge in [-0.3, -0.25) is 4.79 Å². The summed E-state index contributed by atoms with van der Waals surface area (Å²) in [7, 11) is 0. The van der Waals surface area contributed by atoms with Crippen LogP contribution in [0.1, 0.15) is 44.0 Å². The molecule has 2 rings (SSSR count). The number of nitrogens with one attached hydrogen (secondary N) is 1. The fourth-order valence-corrected chi connectivity index (χ4v) is 2.66. The quantitative estimate of drug-likeness (QED) is 0.769. The smallest absolute Gasteiger partial charge is 0.338 e. The highest BCUT2D eigenvalue weighted by molar-refractivity contribution is 5.92. The summed E-state index contributed by atoms with van der Waals surface area (Å²) < 4.78 is 5.23. The van der Waals surface area contributed by atoms with Crippen molar-refractivity contribution in [2.24, 2.45) is 5.92 Å². The maximum atomic E-state index is 12.2. The number of amides is 1. The number of anilines is 1. The van der Waals surface area contributed by atoms with Crippen molar-refractivity contribution in [3.05, 3.63) is 29.8 Å². The lowest BCUT2D eigenvalue weighted by Crippen LogP contribution is -2.37. The van der Waals surface area contributed by atoms with Gasteiger partial charge in [0.05, 0.1) is 11.7 Å². The first-order chi connectivity index (χ1) is 11.9. The van der Waals surface area contributed by atoms with Gasteiger partial charge in [0, 0.05) is 25.3 Å². The summed E-state index contributed by atoms with van der Waals surface area (Å²) in [5, 5.41) is 12.3. The zero-order valence-corrected chi connectivity index (χ0v) is 15.2. The Bertz CT molecular complexity index is 578. The summed E-state index contributed by atoms with van der Waals surface area (Å²) >= 11 is 0. The summed E-state index contributed by atoms with van der Waals surface area (Å²) in [4.78, 5) is 26.2. The molecule has 1 fully saturated rings. The topological polar surface area (TPSA) is 78.9 Å². The van der Waals surface area contributed by atoms with Gasteiger partial charge in [-0.2, -0.15) is 0 Å². The average molecular weight is 348 g/mol. The maximum Gasteiger partial charge on any atom is 0.338 e. The van der Waals surface area contributed by atoms with Crippen LogP contribution in [0.15, 0.2) is 24.3 Å². The molecule has 0 aromatic heterocycles. The summed E-state index contributed by atoms with van der Waals surface area (Å²) in [6.45, 7) is 7.74. The predicted molar refractivity (Wildman–Crippen MR) is 96.6 cm³/mol. The van der Waals surface area contributed by atoms with E-state index in [4.69, 9.17) is 4.74 Å². The van der Waals surface area contributed by atoms with Crippen LogP contribution in [-0.2, 0) is 9.53 Å². The minimum atomic E-state index is -0.825. The molecule has 25 heavy (non-hydrogen) atoms. The molecule has 1 aliphatic heterocycles. The van der Waals surface area contributed by atoms with Crippen molar-refractivity contribution in [3.8, 4) is 0 Å². The lowest BCUT2D eigenvalue weighted by Gasteiger charge is -2.31. The first kappa shape index (κ1) is 19.2. The first-order valence-corrected chi connectivity index (χ1v) is 8.88. The molecule has 1 heterocycles. The Balaban J connectivity index is 1.88. The molecule has 138 valence electrons. The highest BCUT2D eigenvalue weighted by atomic mass is 16.5. The molecule has 1 amide bonds. The molecule has 1 unspecified atom stereocenters. The Morgan fingerprint density at radius 2 is 1.80 bits per heavy atom. The molecule has 1 aliphatic rings. The Labute approximate surface area is 149 Å². The van der Waals surface area contributed by atoms with E-state index in [1.807, 2.05) is 26.0 Å².